The van der Waals surface area contributed by atoms with Crippen molar-refractivity contribution in [3.63, 3.8) is 0 Å². The smallest absolute Gasteiger partial charge is 0.252 e. The van der Waals surface area contributed by atoms with E-state index in [4.69, 9.17) is 20.6 Å². The molecule has 0 aliphatic heterocycles. The lowest BCUT2D eigenvalue weighted by Crippen LogP contribution is -2.43. The molecule has 1 aromatic heterocycles. The Morgan fingerprint density at radius 3 is 2.41 bits per heavy atom. The van der Waals surface area contributed by atoms with Crippen LogP contribution in [0.15, 0.2) is 69.9 Å². The van der Waals surface area contributed by atoms with Gasteiger partial charge < -0.3 is 20.6 Å². The second kappa shape index (κ2) is 7.99. The van der Waals surface area contributed by atoms with Gasteiger partial charge in [-0.3, -0.25) is 9.59 Å². The third-order valence-corrected chi connectivity index (χ3v) is 7.24. The number of nitrogens with two attached hydrogens (primary N) is 2. The molecule has 174 valence electrons. The van der Waals surface area contributed by atoms with Crippen LogP contribution in [0.3, 0.4) is 0 Å². The number of fused-ring (bicyclic) bond motifs is 1. The molecule has 2 aromatic carbocycles. The van der Waals surface area contributed by atoms with Crippen LogP contribution in [0.1, 0.15) is 54.3 Å². The van der Waals surface area contributed by atoms with Crippen LogP contribution in [0.25, 0.3) is 22.1 Å². The third-order valence-electron chi connectivity index (χ3n) is 7.24. The van der Waals surface area contributed by atoms with Gasteiger partial charge in [0.2, 0.25) is 5.43 Å². The first-order valence-electron chi connectivity index (χ1n) is 11.5. The van der Waals surface area contributed by atoms with E-state index in [0.717, 1.165) is 30.4 Å². The lowest BCUT2D eigenvalue weighted by atomic mass is 9.72. The van der Waals surface area contributed by atoms with Crippen molar-refractivity contribution in [2.24, 2.45) is 11.5 Å². The fourth-order valence-corrected chi connectivity index (χ4v) is 4.96. The quantitative estimate of drug-likeness (QED) is 0.579. The van der Waals surface area contributed by atoms with Gasteiger partial charge in [0.25, 0.3) is 5.91 Å². The Kier molecular flexibility index (Phi) is 5.21. The molecule has 0 radical (unpaired) electrons. The number of amides is 1. The van der Waals surface area contributed by atoms with Gasteiger partial charge in [0.1, 0.15) is 17.1 Å². The number of carbonyl (C=O) groups excluding carboxylic acids is 1. The second-order valence-electron chi connectivity index (χ2n) is 9.54. The topological polar surface area (TPSA) is 109 Å². The minimum absolute atomic E-state index is 0.166. The molecule has 1 unspecified atom stereocenters. The van der Waals surface area contributed by atoms with Crippen LogP contribution in [0.5, 0.6) is 5.75 Å². The lowest BCUT2D eigenvalue weighted by Gasteiger charge is -2.38. The highest BCUT2D eigenvalue weighted by molar-refractivity contribution is 6.00. The summed E-state index contributed by atoms with van der Waals surface area (Å²) < 4.78 is 11.8. The lowest BCUT2D eigenvalue weighted by molar-refractivity contribution is 0.0997. The van der Waals surface area contributed by atoms with Crippen LogP contribution in [0.4, 0.5) is 0 Å². The average molecular weight is 457 g/mol. The van der Waals surface area contributed by atoms with E-state index in [9.17, 15) is 9.59 Å². The first-order chi connectivity index (χ1) is 16.3. The highest BCUT2D eigenvalue weighted by atomic mass is 16.5. The number of allylic oxidation sites excluding steroid dienone is 4. The molecule has 2 aliphatic rings. The standard InChI is InChI=1S/C28H28N2O4/c1-27(11-4-3-5-12-27)25-23(17-7-9-18(10-8-17)28(30)13-6-14-28)24(31)19-15-21(33-2)20(26(29)32)16-22(19)34-25/h3-5,7-11,15-16H,6,12-14,30H2,1-2H3,(H2,29,32). The van der Waals surface area contributed by atoms with E-state index in [1.54, 1.807) is 0 Å². The summed E-state index contributed by atoms with van der Waals surface area (Å²) in [4.78, 5) is 25.9. The first-order valence-corrected chi connectivity index (χ1v) is 11.5. The predicted octanol–water partition coefficient (Wildman–Crippen LogP) is 4.68. The monoisotopic (exact) mass is 456 g/mol. The summed E-state index contributed by atoms with van der Waals surface area (Å²) in [6.45, 7) is 2.04. The number of ether oxygens (including phenoxy) is 1. The van der Waals surface area contributed by atoms with Crippen LogP contribution in [0.2, 0.25) is 0 Å². The number of carbonyl (C=O) groups is 1. The molecule has 1 amide bonds. The van der Waals surface area contributed by atoms with Gasteiger partial charge in [0.15, 0.2) is 0 Å². The van der Waals surface area contributed by atoms with E-state index in [1.807, 2.05) is 49.4 Å². The van der Waals surface area contributed by atoms with E-state index in [2.05, 4.69) is 6.08 Å². The van der Waals surface area contributed by atoms with Crippen LogP contribution in [0, 0.1) is 0 Å². The van der Waals surface area contributed by atoms with Crippen LogP contribution in [-0.4, -0.2) is 13.0 Å². The average Bonchev–Trinajstić information content (AvgIpc) is 2.82. The maximum atomic E-state index is 13.9. The Morgan fingerprint density at radius 2 is 1.85 bits per heavy atom. The Balaban J connectivity index is 1.77. The summed E-state index contributed by atoms with van der Waals surface area (Å²) in [6.07, 6.45) is 11.8. The van der Waals surface area contributed by atoms with E-state index in [-0.39, 0.29) is 22.3 Å². The molecule has 0 saturated heterocycles. The van der Waals surface area contributed by atoms with Crippen molar-refractivity contribution in [3.8, 4) is 16.9 Å². The highest BCUT2D eigenvalue weighted by Crippen LogP contribution is 2.42. The maximum Gasteiger partial charge on any atom is 0.252 e. The molecule has 0 spiro atoms. The molecule has 4 N–H and O–H groups in total. The second-order valence-corrected chi connectivity index (χ2v) is 9.54. The zero-order chi connectivity index (χ0) is 24.1. The van der Waals surface area contributed by atoms with Gasteiger partial charge >= 0.3 is 0 Å². The molecule has 1 heterocycles. The van der Waals surface area contributed by atoms with Gasteiger partial charge in [0.05, 0.1) is 23.6 Å². The van der Waals surface area contributed by atoms with Crippen LogP contribution in [-0.2, 0) is 11.0 Å². The van der Waals surface area contributed by atoms with Crippen molar-refractivity contribution in [1.29, 1.82) is 0 Å². The molecule has 1 atom stereocenters. The number of rotatable bonds is 5. The molecule has 5 rings (SSSR count). The third kappa shape index (κ3) is 3.46. The van der Waals surface area contributed by atoms with Gasteiger partial charge in [-0.05, 0) is 55.9 Å². The van der Waals surface area contributed by atoms with Gasteiger partial charge in [-0.15, -0.1) is 0 Å². The zero-order valence-electron chi connectivity index (χ0n) is 19.4. The molecule has 2 aliphatic carbocycles. The molecule has 34 heavy (non-hydrogen) atoms. The first kappa shape index (κ1) is 22.2. The van der Waals surface area contributed by atoms with Crippen molar-refractivity contribution >= 4 is 16.9 Å². The molecule has 1 fully saturated rings. The molecule has 1 saturated carbocycles. The summed E-state index contributed by atoms with van der Waals surface area (Å²) in [5.41, 5.74) is 13.8. The number of hydrogen-bond donors (Lipinski definition) is 2. The van der Waals surface area contributed by atoms with Crippen LogP contribution < -0.4 is 21.6 Å². The van der Waals surface area contributed by atoms with Crippen molar-refractivity contribution in [2.45, 2.75) is 43.6 Å². The molecule has 3 aromatic rings. The van der Waals surface area contributed by atoms with Crippen LogP contribution >= 0.6 is 0 Å². The summed E-state index contributed by atoms with van der Waals surface area (Å²) in [5, 5.41) is 0.331. The van der Waals surface area contributed by atoms with E-state index in [0.29, 0.717) is 28.7 Å². The molecule has 6 heteroatoms. The van der Waals surface area contributed by atoms with E-state index < -0.39 is 11.3 Å². The highest BCUT2D eigenvalue weighted by Gasteiger charge is 2.35. The van der Waals surface area contributed by atoms with Crippen molar-refractivity contribution < 1.29 is 13.9 Å². The maximum absolute atomic E-state index is 13.9. The number of primary amides is 1. The Morgan fingerprint density at radius 1 is 1.12 bits per heavy atom. The summed E-state index contributed by atoms with van der Waals surface area (Å²) in [6, 6.07) is 10.9. The van der Waals surface area contributed by atoms with Crippen molar-refractivity contribution in [1.82, 2.24) is 0 Å². The van der Waals surface area contributed by atoms with Gasteiger partial charge in [-0.25, -0.2) is 0 Å². The predicted molar refractivity (Wildman–Crippen MR) is 133 cm³/mol. The Hall–Kier alpha value is -3.64. The normalized spacial score (nSPS) is 20.8. The zero-order valence-corrected chi connectivity index (χ0v) is 19.4. The fourth-order valence-electron chi connectivity index (χ4n) is 4.96. The van der Waals surface area contributed by atoms with Gasteiger partial charge in [-0.1, -0.05) is 48.6 Å². The Bertz CT molecular complexity index is 1410. The number of benzene rings is 2. The molecular formula is C28H28N2O4. The van der Waals surface area contributed by atoms with Crippen molar-refractivity contribution in [3.05, 3.63) is 87.8 Å². The molecule has 6 nitrogen and oxygen atoms in total. The molecular weight excluding hydrogens is 428 g/mol. The summed E-state index contributed by atoms with van der Waals surface area (Å²) in [7, 11) is 1.44. The van der Waals surface area contributed by atoms with Gasteiger partial charge in [-0.2, -0.15) is 0 Å². The number of hydrogen-bond acceptors (Lipinski definition) is 5. The fraction of sp³-hybridized carbons (Fsp3) is 0.286. The Labute approximate surface area is 197 Å². The SMILES string of the molecule is COc1cc2c(=O)c(-c3ccc(C4(N)CCC4)cc3)c(C3(C)C=CC=CC3)oc2cc1C(N)=O. The minimum atomic E-state index is -0.652. The number of methoxy groups -OCH3 is 1. The summed E-state index contributed by atoms with van der Waals surface area (Å²) in [5.74, 6) is 0.134. The van der Waals surface area contributed by atoms with E-state index >= 15 is 0 Å². The largest absolute Gasteiger partial charge is 0.496 e. The van der Waals surface area contributed by atoms with Gasteiger partial charge in [0, 0.05) is 11.0 Å². The summed E-state index contributed by atoms with van der Waals surface area (Å²) >= 11 is 0. The van der Waals surface area contributed by atoms with E-state index in [1.165, 1.54) is 19.2 Å². The minimum Gasteiger partial charge on any atom is -0.496 e. The van der Waals surface area contributed by atoms with Crippen molar-refractivity contribution in [2.75, 3.05) is 7.11 Å². The molecule has 0 bridgehead atoms.